The molecule has 2 aliphatic rings. The molecule has 6 rings (SSSR count). The van der Waals surface area contributed by atoms with Gasteiger partial charge in [-0.15, -0.1) is 0 Å². The van der Waals surface area contributed by atoms with Crippen LogP contribution in [0.15, 0.2) is 83.8 Å². The Hall–Kier alpha value is -3.91. The van der Waals surface area contributed by atoms with Crippen LogP contribution in [0, 0.1) is 0 Å². The van der Waals surface area contributed by atoms with Crippen LogP contribution in [-0.4, -0.2) is 30.7 Å². The van der Waals surface area contributed by atoms with Crippen LogP contribution in [0.25, 0.3) is 5.69 Å². The van der Waals surface area contributed by atoms with Crippen LogP contribution >= 0.6 is 0 Å². The number of carbonyl (C=O) groups excluding carboxylic acids is 1. The lowest BCUT2D eigenvalue weighted by molar-refractivity contribution is 0.102. The molecule has 0 saturated carbocycles. The van der Waals surface area contributed by atoms with Crippen molar-refractivity contribution >= 4 is 27.4 Å². The third kappa shape index (κ3) is 3.70. The zero-order chi connectivity index (χ0) is 24.0. The van der Waals surface area contributed by atoms with Gasteiger partial charge in [0.05, 0.1) is 22.0 Å². The Balaban J connectivity index is 1.27. The van der Waals surface area contributed by atoms with Crippen LogP contribution in [-0.2, 0) is 29.3 Å². The highest BCUT2D eigenvalue weighted by atomic mass is 32.2. The summed E-state index contributed by atoms with van der Waals surface area (Å²) in [6.07, 6.45) is 3.47. The Morgan fingerprint density at radius 2 is 1.60 bits per heavy atom. The fourth-order valence-electron chi connectivity index (χ4n) is 4.92. The van der Waals surface area contributed by atoms with E-state index in [1.807, 2.05) is 54.6 Å². The first-order chi connectivity index (χ1) is 17.0. The summed E-state index contributed by atoms with van der Waals surface area (Å²) < 4.78 is 29.8. The molecule has 1 N–H and O–H groups in total. The minimum absolute atomic E-state index is 0.168. The Labute approximate surface area is 204 Å². The third-order valence-electron chi connectivity index (χ3n) is 6.69. The van der Waals surface area contributed by atoms with Crippen LogP contribution in [0.1, 0.15) is 33.6 Å². The zero-order valence-corrected chi connectivity index (χ0v) is 19.8. The van der Waals surface area contributed by atoms with Crippen molar-refractivity contribution in [3.63, 3.8) is 0 Å². The number of para-hydroxylation sites is 2. The summed E-state index contributed by atoms with van der Waals surface area (Å²) in [5, 5.41) is 7.77. The molecule has 1 aliphatic carbocycles. The van der Waals surface area contributed by atoms with E-state index in [1.54, 1.807) is 16.8 Å². The molecule has 0 unspecified atom stereocenters. The minimum atomic E-state index is -3.71. The maximum atomic E-state index is 13.3. The Kier molecular flexibility index (Phi) is 5.18. The monoisotopic (exact) mass is 484 g/mol. The van der Waals surface area contributed by atoms with E-state index in [2.05, 4.69) is 5.32 Å². The molecule has 0 saturated heterocycles. The van der Waals surface area contributed by atoms with Gasteiger partial charge in [0.1, 0.15) is 5.82 Å². The summed E-state index contributed by atoms with van der Waals surface area (Å²) in [6.45, 7) is 0.415. The summed E-state index contributed by atoms with van der Waals surface area (Å²) in [6, 6.07) is 23.4. The predicted octanol–water partition coefficient (Wildman–Crippen LogP) is 4.36. The van der Waals surface area contributed by atoms with Gasteiger partial charge in [0.25, 0.3) is 15.9 Å². The number of fused-ring (bicyclic) bond motifs is 2. The van der Waals surface area contributed by atoms with E-state index >= 15 is 0 Å². The van der Waals surface area contributed by atoms with Gasteiger partial charge in [0.15, 0.2) is 0 Å². The van der Waals surface area contributed by atoms with Crippen LogP contribution in [0.3, 0.4) is 0 Å². The number of hydrogen-bond donors (Lipinski definition) is 1. The number of anilines is 2. The van der Waals surface area contributed by atoms with E-state index in [1.165, 1.54) is 16.4 Å². The number of aryl methyl sites for hydroxylation is 1. The molecular weight excluding hydrogens is 460 g/mol. The normalized spacial score (nSPS) is 14.6. The van der Waals surface area contributed by atoms with Crippen LogP contribution in [0.5, 0.6) is 0 Å². The van der Waals surface area contributed by atoms with Gasteiger partial charge in [-0.05, 0) is 73.7 Å². The van der Waals surface area contributed by atoms with Crippen LogP contribution < -0.4 is 9.62 Å². The molecule has 0 spiro atoms. The number of hydrogen-bond acceptors (Lipinski definition) is 4. The lowest BCUT2D eigenvalue weighted by Gasteiger charge is -2.19. The molecule has 1 amide bonds. The minimum Gasteiger partial charge on any atom is -0.306 e. The van der Waals surface area contributed by atoms with Crippen molar-refractivity contribution in [3.8, 4) is 5.69 Å². The molecule has 0 radical (unpaired) electrons. The number of nitrogens with one attached hydrogen (secondary N) is 1. The second-order valence-corrected chi connectivity index (χ2v) is 10.7. The SMILES string of the molecule is O=C(Nc1c2c(nn1-c1ccccc1)CCC2)c1ccc(S(=O)(=O)N2CCc3ccccc32)cc1. The molecule has 7 nitrogen and oxygen atoms in total. The first-order valence-electron chi connectivity index (χ1n) is 11.7. The maximum Gasteiger partial charge on any atom is 0.264 e. The number of nitrogens with zero attached hydrogens (tertiary/aromatic N) is 3. The highest BCUT2D eigenvalue weighted by molar-refractivity contribution is 7.92. The van der Waals surface area contributed by atoms with E-state index in [4.69, 9.17) is 5.10 Å². The predicted molar refractivity (Wildman–Crippen MR) is 135 cm³/mol. The molecule has 176 valence electrons. The topological polar surface area (TPSA) is 84.3 Å². The maximum absolute atomic E-state index is 13.3. The average molecular weight is 485 g/mol. The molecule has 4 aromatic rings. The lowest BCUT2D eigenvalue weighted by Crippen LogP contribution is -2.29. The van der Waals surface area contributed by atoms with E-state index in [0.29, 0.717) is 24.3 Å². The Morgan fingerprint density at radius 3 is 2.40 bits per heavy atom. The van der Waals surface area contributed by atoms with Crippen LogP contribution in [0.4, 0.5) is 11.5 Å². The van der Waals surface area contributed by atoms with Crippen molar-refractivity contribution < 1.29 is 13.2 Å². The van der Waals surface area contributed by atoms with E-state index in [9.17, 15) is 13.2 Å². The van der Waals surface area contributed by atoms with Crippen molar-refractivity contribution in [1.29, 1.82) is 0 Å². The first kappa shape index (κ1) is 21.6. The number of benzene rings is 3. The van der Waals surface area contributed by atoms with Crippen molar-refractivity contribution in [2.24, 2.45) is 0 Å². The van der Waals surface area contributed by atoms with Crippen molar-refractivity contribution in [2.45, 2.75) is 30.6 Å². The highest BCUT2D eigenvalue weighted by Crippen LogP contribution is 2.33. The number of rotatable bonds is 5. The lowest BCUT2D eigenvalue weighted by atomic mass is 10.2. The van der Waals surface area contributed by atoms with Gasteiger partial charge in [-0.1, -0.05) is 36.4 Å². The fraction of sp³-hybridized carbons (Fsp3) is 0.185. The third-order valence-corrected chi connectivity index (χ3v) is 8.52. The summed E-state index contributed by atoms with van der Waals surface area (Å²) in [5.41, 5.74) is 5.08. The molecule has 3 aromatic carbocycles. The summed E-state index contributed by atoms with van der Waals surface area (Å²) in [5.74, 6) is 0.381. The first-order valence-corrected chi connectivity index (χ1v) is 13.1. The fourth-order valence-corrected chi connectivity index (χ4v) is 6.42. The number of carbonyl (C=O) groups is 1. The molecular formula is C27H24N4O3S. The Bertz CT molecular complexity index is 1530. The van der Waals surface area contributed by atoms with Gasteiger partial charge < -0.3 is 5.32 Å². The number of sulfonamides is 1. The Morgan fingerprint density at radius 1 is 0.857 bits per heavy atom. The quantitative estimate of drug-likeness (QED) is 0.456. The van der Waals surface area contributed by atoms with Crippen molar-refractivity contribution in [1.82, 2.24) is 9.78 Å². The average Bonchev–Trinajstić information content (AvgIpc) is 3.60. The standard InChI is InChI=1S/C27H24N4O3S/c32-27(28-26-23-10-6-11-24(23)29-31(26)21-8-2-1-3-9-21)20-13-15-22(16-14-20)35(33,34)30-18-17-19-7-4-5-12-25(19)30/h1-5,7-9,12-16H,6,10-11,17-18H2,(H,28,32). The van der Waals surface area contributed by atoms with Crippen LogP contribution in [0.2, 0.25) is 0 Å². The molecule has 2 heterocycles. The van der Waals surface area contributed by atoms with Gasteiger partial charge >= 0.3 is 0 Å². The van der Waals surface area contributed by atoms with Crippen molar-refractivity contribution in [2.75, 3.05) is 16.2 Å². The van der Waals surface area contributed by atoms with Gasteiger partial charge in [0, 0.05) is 17.7 Å². The van der Waals surface area contributed by atoms with Gasteiger partial charge in [-0.2, -0.15) is 5.10 Å². The summed E-state index contributed by atoms with van der Waals surface area (Å²) >= 11 is 0. The van der Waals surface area contributed by atoms with E-state index in [0.717, 1.165) is 47.5 Å². The second kappa shape index (κ2) is 8.39. The number of aromatic nitrogens is 2. The largest absolute Gasteiger partial charge is 0.306 e. The zero-order valence-electron chi connectivity index (χ0n) is 19.0. The summed E-state index contributed by atoms with van der Waals surface area (Å²) in [4.78, 5) is 13.3. The molecule has 0 fully saturated rings. The van der Waals surface area contributed by atoms with Gasteiger partial charge in [0.2, 0.25) is 0 Å². The second-order valence-electron chi connectivity index (χ2n) is 8.81. The molecule has 8 heteroatoms. The van der Waals surface area contributed by atoms with E-state index in [-0.39, 0.29) is 10.8 Å². The number of amides is 1. The molecule has 1 aliphatic heterocycles. The molecule has 0 bridgehead atoms. The van der Waals surface area contributed by atoms with Gasteiger partial charge in [-0.25, -0.2) is 13.1 Å². The molecule has 35 heavy (non-hydrogen) atoms. The van der Waals surface area contributed by atoms with Crippen molar-refractivity contribution in [3.05, 3.63) is 101 Å². The van der Waals surface area contributed by atoms with E-state index < -0.39 is 10.0 Å². The molecule has 0 atom stereocenters. The molecule has 1 aromatic heterocycles. The van der Waals surface area contributed by atoms with Gasteiger partial charge in [-0.3, -0.25) is 9.10 Å². The highest BCUT2D eigenvalue weighted by Gasteiger charge is 2.31. The smallest absolute Gasteiger partial charge is 0.264 e. The summed E-state index contributed by atoms with van der Waals surface area (Å²) in [7, 11) is -3.71.